The van der Waals surface area contributed by atoms with Crippen LogP contribution >= 0.6 is 0 Å². The average molecular weight is 915 g/mol. The Hall–Kier alpha value is -2.13. The highest BCUT2D eigenvalue weighted by Crippen LogP contribution is 2.41. The molecule has 0 aromatic heterocycles. The molecule has 2 aromatic rings. The second-order valence-electron chi connectivity index (χ2n) is 22.0. The van der Waals surface area contributed by atoms with Gasteiger partial charge in [0.25, 0.3) is 0 Å². The minimum Gasteiger partial charge on any atom is -0.461 e. The van der Waals surface area contributed by atoms with E-state index in [2.05, 4.69) is 106 Å². The van der Waals surface area contributed by atoms with Crippen LogP contribution in [0.15, 0.2) is 60.7 Å². The van der Waals surface area contributed by atoms with E-state index in [1.807, 2.05) is 60.7 Å². The first-order valence-electron chi connectivity index (χ1n) is 23.9. The van der Waals surface area contributed by atoms with Gasteiger partial charge in [0.2, 0.25) is 0 Å². The molecule has 0 aliphatic rings. The quantitative estimate of drug-likeness (QED) is 0.0435. The highest BCUT2D eigenvalue weighted by atomic mass is 28.4. The molecule has 2 aromatic carbocycles. The van der Waals surface area contributed by atoms with E-state index in [0.29, 0.717) is 26.1 Å². The molecular formula is C51H91NO7Si3. The summed E-state index contributed by atoms with van der Waals surface area (Å²) < 4.78 is 32.0. The van der Waals surface area contributed by atoms with Crippen LogP contribution in [0.25, 0.3) is 0 Å². The molecule has 0 aliphatic heterocycles. The second kappa shape index (κ2) is 26.1. The molecule has 2 atom stereocenters. The van der Waals surface area contributed by atoms with Gasteiger partial charge in [-0.05, 0) is 105 Å². The van der Waals surface area contributed by atoms with Crippen molar-refractivity contribution in [2.24, 2.45) is 0 Å². The topological polar surface area (TPSA) is 83.5 Å². The van der Waals surface area contributed by atoms with Crippen LogP contribution < -0.4 is 0 Å². The van der Waals surface area contributed by atoms with Gasteiger partial charge in [0.15, 0.2) is 25.0 Å². The summed E-state index contributed by atoms with van der Waals surface area (Å²) in [4.78, 5) is 27.6. The summed E-state index contributed by atoms with van der Waals surface area (Å²) >= 11 is 0. The monoisotopic (exact) mass is 914 g/mol. The number of esters is 2. The van der Waals surface area contributed by atoms with E-state index in [1.54, 1.807) is 0 Å². The summed E-state index contributed by atoms with van der Waals surface area (Å²) in [5.41, 5.74) is 2.03. The lowest BCUT2D eigenvalue weighted by molar-refractivity contribution is -0.146. The summed E-state index contributed by atoms with van der Waals surface area (Å²) in [5, 5.41) is 0.235. The van der Waals surface area contributed by atoms with Crippen LogP contribution in [0, 0.1) is 0 Å². The highest BCUT2D eigenvalue weighted by Gasteiger charge is 2.44. The molecule has 11 heteroatoms. The number of benzene rings is 2. The molecule has 0 aliphatic carbocycles. The SMILES string of the molecule is CC(CCCCCC(=O)OCc1ccccc1)O[Si](C)(C)C(C)(C)CN(CCCO[Si](C)(C)C(C)(C)C)CC(CCCCCC(=O)OCc1ccccc1)O[Si](C)(C)C(C)(C)C. The fraction of sp³-hybridized carbons (Fsp3) is 0.725. The van der Waals surface area contributed by atoms with Gasteiger partial charge >= 0.3 is 11.9 Å². The molecule has 0 radical (unpaired) electrons. The molecule has 0 spiro atoms. The molecule has 62 heavy (non-hydrogen) atoms. The lowest BCUT2D eigenvalue weighted by Gasteiger charge is -2.45. The summed E-state index contributed by atoms with van der Waals surface area (Å²) in [6.45, 7) is 39.3. The molecule has 354 valence electrons. The van der Waals surface area contributed by atoms with Gasteiger partial charge in [-0.25, -0.2) is 0 Å². The van der Waals surface area contributed by atoms with E-state index in [-0.39, 0.29) is 39.3 Å². The van der Waals surface area contributed by atoms with Crippen LogP contribution in [0.4, 0.5) is 0 Å². The third kappa shape index (κ3) is 21.2. The smallest absolute Gasteiger partial charge is 0.306 e. The molecular weight excluding hydrogens is 823 g/mol. The number of nitrogens with zero attached hydrogens (tertiary/aromatic N) is 1. The van der Waals surface area contributed by atoms with Gasteiger partial charge in [-0.1, -0.05) is 142 Å². The Kier molecular flexibility index (Phi) is 23.6. The van der Waals surface area contributed by atoms with Crippen molar-refractivity contribution >= 4 is 36.9 Å². The van der Waals surface area contributed by atoms with Crippen LogP contribution in [0.5, 0.6) is 0 Å². The maximum absolute atomic E-state index is 12.6. The Morgan fingerprint density at radius 1 is 0.581 bits per heavy atom. The first-order valence-corrected chi connectivity index (χ1v) is 32.6. The van der Waals surface area contributed by atoms with Crippen molar-refractivity contribution in [1.29, 1.82) is 0 Å². The predicted octanol–water partition coefficient (Wildman–Crippen LogP) is 13.9. The van der Waals surface area contributed by atoms with Gasteiger partial charge < -0.3 is 27.7 Å². The predicted molar refractivity (Wildman–Crippen MR) is 267 cm³/mol. The number of carbonyl (C=O) groups excluding carboxylic acids is 2. The fourth-order valence-electron chi connectivity index (χ4n) is 6.92. The number of hydrogen-bond acceptors (Lipinski definition) is 8. The maximum atomic E-state index is 12.6. The van der Waals surface area contributed by atoms with E-state index in [9.17, 15) is 9.59 Å². The molecule has 0 amide bonds. The summed E-state index contributed by atoms with van der Waals surface area (Å²) in [6, 6.07) is 19.7. The van der Waals surface area contributed by atoms with Crippen molar-refractivity contribution < 1.29 is 32.3 Å². The number of ether oxygens (including phenoxy) is 2. The Balaban J connectivity index is 2.08. The van der Waals surface area contributed by atoms with Crippen LogP contribution in [0.1, 0.15) is 144 Å². The largest absolute Gasteiger partial charge is 0.461 e. The van der Waals surface area contributed by atoms with E-state index < -0.39 is 25.0 Å². The Bertz CT molecular complexity index is 1550. The van der Waals surface area contributed by atoms with Crippen LogP contribution in [-0.4, -0.2) is 80.2 Å². The van der Waals surface area contributed by atoms with Gasteiger partial charge in [-0.2, -0.15) is 0 Å². The Labute approximate surface area is 383 Å². The first-order chi connectivity index (χ1) is 28.7. The van der Waals surface area contributed by atoms with E-state index in [4.69, 9.17) is 22.8 Å². The number of unbranched alkanes of at least 4 members (excludes halogenated alkanes) is 4. The van der Waals surface area contributed by atoms with Crippen LogP contribution in [0.2, 0.25) is 54.4 Å². The molecule has 0 bridgehead atoms. The maximum Gasteiger partial charge on any atom is 0.306 e. The van der Waals surface area contributed by atoms with Gasteiger partial charge in [-0.3, -0.25) is 9.59 Å². The lowest BCUT2D eigenvalue weighted by atomic mass is 10.1. The van der Waals surface area contributed by atoms with Crippen LogP contribution in [0.3, 0.4) is 0 Å². The fourth-order valence-corrected chi connectivity index (χ4v) is 11.4. The molecule has 0 N–H and O–H groups in total. The molecule has 0 saturated carbocycles. The minimum absolute atomic E-state index is 0.0360. The van der Waals surface area contributed by atoms with E-state index in [1.165, 1.54) is 0 Å². The third-order valence-electron chi connectivity index (χ3n) is 13.7. The van der Waals surface area contributed by atoms with E-state index in [0.717, 1.165) is 95.2 Å². The highest BCUT2D eigenvalue weighted by molar-refractivity contribution is 6.75. The van der Waals surface area contributed by atoms with Crippen LogP contribution in [-0.2, 0) is 45.6 Å². The average Bonchev–Trinajstić information content (AvgIpc) is 3.17. The van der Waals surface area contributed by atoms with Crippen molar-refractivity contribution in [3.63, 3.8) is 0 Å². The first kappa shape index (κ1) is 56.0. The molecule has 0 heterocycles. The van der Waals surface area contributed by atoms with Crippen molar-refractivity contribution in [1.82, 2.24) is 4.90 Å². The van der Waals surface area contributed by atoms with Gasteiger partial charge in [-0.15, -0.1) is 0 Å². The van der Waals surface area contributed by atoms with Gasteiger partial charge in [0.1, 0.15) is 13.2 Å². The Morgan fingerprint density at radius 2 is 1.05 bits per heavy atom. The van der Waals surface area contributed by atoms with Crippen molar-refractivity contribution in [2.45, 2.75) is 213 Å². The Morgan fingerprint density at radius 3 is 1.52 bits per heavy atom. The second-order valence-corrected chi connectivity index (χ2v) is 36.2. The minimum atomic E-state index is -2.21. The standard InChI is InChI=1S/C51H91NO7Si3/c1-43(29-20-16-26-35-47(53)55-40-44-30-21-17-22-31-44)58-62(14,15)51(8,9)42-52(37-28-38-57-60(10,11)49(2,3)4)39-46(59-61(12,13)50(5,6)7)34-25-19-27-36-48(54)56-41-45-32-23-18-24-33-45/h17-18,21-24,30-33,43,46H,16,19-20,25-29,34-42H2,1-15H3. The zero-order chi connectivity index (χ0) is 46.7. The van der Waals surface area contributed by atoms with Crippen molar-refractivity contribution in [3.05, 3.63) is 71.8 Å². The number of rotatable bonds is 30. The van der Waals surface area contributed by atoms with E-state index >= 15 is 0 Å². The molecule has 2 rings (SSSR count). The summed E-state index contributed by atoms with van der Waals surface area (Å²) in [6.07, 6.45) is 9.69. The van der Waals surface area contributed by atoms with Crippen molar-refractivity contribution in [2.75, 3.05) is 26.2 Å². The van der Waals surface area contributed by atoms with Crippen molar-refractivity contribution in [3.8, 4) is 0 Å². The molecule has 0 saturated heterocycles. The normalized spacial score (nSPS) is 14.2. The summed E-state index contributed by atoms with van der Waals surface area (Å²) in [7, 11) is -6.14. The van der Waals surface area contributed by atoms with Gasteiger partial charge in [0, 0.05) is 45.2 Å². The lowest BCUT2D eigenvalue weighted by Crippen LogP contribution is -2.52. The molecule has 2 unspecified atom stereocenters. The third-order valence-corrected chi connectivity index (χ3v) is 27.2. The number of carbonyl (C=O) groups is 2. The van der Waals surface area contributed by atoms with Gasteiger partial charge in [0.05, 0.1) is 6.10 Å². The molecule has 0 fully saturated rings. The zero-order valence-corrected chi connectivity index (χ0v) is 45.3. The zero-order valence-electron chi connectivity index (χ0n) is 42.3. The summed E-state index contributed by atoms with van der Waals surface area (Å²) in [5.74, 6) is -0.255. The number of hydrogen-bond donors (Lipinski definition) is 0. The molecule has 8 nitrogen and oxygen atoms in total.